The van der Waals surface area contributed by atoms with Gasteiger partial charge in [0.2, 0.25) is 10.0 Å². The summed E-state index contributed by atoms with van der Waals surface area (Å²) in [6.07, 6.45) is 1.71. The molecule has 1 unspecified atom stereocenters. The standard InChI is InChI=1S/C19H24N2O5S/c22-27(23,14-16-13-24-10-11-25-16)21-9-8-18-17(12-21)20-19(26-18)7-6-15-4-2-1-3-5-15/h1-5,16H,6-14H2. The van der Waals surface area contributed by atoms with E-state index in [4.69, 9.17) is 13.9 Å². The summed E-state index contributed by atoms with van der Waals surface area (Å²) in [5.74, 6) is 1.43. The fourth-order valence-electron chi connectivity index (χ4n) is 3.44. The Hall–Kier alpha value is -1.74. The van der Waals surface area contributed by atoms with Crippen molar-refractivity contribution in [3.05, 3.63) is 53.2 Å². The molecule has 0 radical (unpaired) electrons. The molecule has 8 heteroatoms. The maximum atomic E-state index is 12.7. The molecule has 0 aliphatic carbocycles. The monoisotopic (exact) mass is 392 g/mol. The Morgan fingerprint density at radius 3 is 2.78 bits per heavy atom. The summed E-state index contributed by atoms with van der Waals surface area (Å²) in [5, 5.41) is 0. The lowest BCUT2D eigenvalue weighted by Gasteiger charge is -2.28. The van der Waals surface area contributed by atoms with Gasteiger partial charge in [-0.2, -0.15) is 4.31 Å². The third kappa shape index (κ3) is 4.57. The molecule has 1 aromatic carbocycles. The third-order valence-corrected chi connectivity index (χ3v) is 6.77. The quantitative estimate of drug-likeness (QED) is 0.742. The van der Waals surface area contributed by atoms with Crippen molar-refractivity contribution in [3.63, 3.8) is 0 Å². The normalized spacial score (nSPS) is 21.1. The minimum Gasteiger partial charge on any atom is -0.445 e. The van der Waals surface area contributed by atoms with Crippen molar-refractivity contribution in [3.8, 4) is 0 Å². The number of oxazole rings is 1. The van der Waals surface area contributed by atoms with Gasteiger partial charge in [0.05, 0.1) is 43.9 Å². The van der Waals surface area contributed by atoms with Crippen molar-refractivity contribution in [2.45, 2.75) is 31.9 Å². The molecule has 3 heterocycles. The lowest BCUT2D eigenvalue weighted by atomic mass is 10.1. The SMILES string of the molecule is O=S(=O)(CC1COCCO1)N1CCc2oc(CCc3ccccc3)nc2C1. The maximum absolute atomic E-state index is 12.7. The van der Waals surface area contributed by atoms with Crippen LogP contribution in [0.1, 0.15) is 22.9 Å². The lowest BCUT2D eigenvalue weighted by molar-refractivity contribution is -0.0785. The van der Waals surface area contributed by atoms with E-state index in [-0.39, 0.29) is 12.3 Å². The highest BCUT2D eigenvalue weighted by Gasteiger charge is 2.32. The van der Waals surface area contributed by atoms with Crippen molar-refractivity contribution in [1.29, 1.82) is 0 Å². The fraction of sp³-hybridized carbons (Fsp3) is 0.526. The Labute approximate surface area is 159 Å². The van der Waals surface area contributed by atoms with Gasteiger partial charge in [-0.25, -0.2) is 13.4 Å². The van der Waals surface area contributed by atoms with Crippen molar-refractivity contribution in [2.75, 3.05) is 32.1 Å². The zero-order valence-corrected chi connectivity index (χ0v) is 16.0. The van der Waals surface area contributed by atoms with Crippen LogP contribution in [0, 0.1) is 0 Å². The van der Waals surface area contributed by atoms with Crippen LogP contribution in [0.4, 0.5) is 0 Å². The fourth-order valence-corrected chi connectivity index (χ4v) is 5.00. The summed E-state index contributed by atoms with van der Waals surface area (Å²) in [4.78, 5) is 4.55. The number of aryl methyl sites for hydroxylation is 2. The summed E-state index contributed by atoms with van der Waals surface area (Å²) < 4.78 is 43.6. The molecule has 0 bridgehead atoms. The Kier molecular flexibility index (Phi) is 5.58. The minimum atomic E-state index is -3.43. The molecule has 146 valence electrons. The molecule has 4 rings (SSSR count). The zero-order valence-electron chi connectivity index (χ0n) is 15.2. The van der Waals surface area contributed by atoms with Gasteiger partial charge in [-0.05, 0) is 12.0 Å². The van der Waals surface area contributed by atoms with Gasteiger partial charge >= 0.3 is 0 Å². The molecule has 0 saturated carbocycles. The number of benzene rings is 1. The van der Waals surface area contributed by atoms with E-state index in [0.29, 0.717) is 45.1 Å². The first-order valence-electron chi connectivity index (χ1n) is 9.29. The van der Waals surface area contributed by atoms with Crippen LogP contribution in [0.2, 0.25) is 0 Å². The first kappa shape index (κ1) is 18.6. The Balaban J connectivity index is 1.38. The van der Waals surface area contributed by atoms with Gasteiger partial charge in [0.25, 0.3) is 0 Å². The van der Waals surface area contributed by atoms with E-state index in [1.807, 2.05) is 18.2 Å². The number of hydrogen-bond donors (Lipinski definition) is 0. The molecular weight excluding hydrogens is 368 g/mol. The molecule has 27 heavy (non-hydrogen) atoms. The number of sulfonamides is 1. The number of aromatic nitrogens is 1. The molecule has 0 spiro atoms. The van der Waals surface area contributed by atoms with E-state index >= 15 is 0 Å². The molecule has 1 aromatic heterocycles. The predicted molar refractivity (Wildman–Crippen MR) is 98.8 cm³/mol. The predicted octanol–water partition coefficient (Wildman–Crippen LogP) is 1.56. The summed E-state index contributed by atoms with van der Waals surface area (Å²) in [6.45, 7) is 1.97. The van der Waals surface area contributed by atoms with Gasteiger partial charge in [-0.15, -0.1) is 0 Å². The Morgan fingerprint density at radius 1 is 1.15 bits per heavy atom. The molecular formula is C19H24N2O5S. The van der Waals surface area contributed by atoms with Crippen LogP contribution < -0.4 is 0 Å². The molecule has 2 aliphatic heterocycles. The summed E-state index contributed by atoms with van der Waals surface area (Å²) >= 11 is 0. The first-order chi connectivity index (χ1) is 13.1. The highest BCUT2D eigenvalue weighted by atomic mass is 32.2. The average Bonchev–Trinajstić information content (AvgIpc) is 3.10. The van der Waals surface area contributed by atoms with E-state index < -0.39 is 16.1 Å². The number of rotatable bonds is 6. The number of ether oxygens (including phenoxy) is 2. The van der Waals surface area contributed by atoms with E-state index in [1.165, 1.54) is 9.87 Å². The van der Waals surface area contributed by atoms with Crippen LogP contribution in [0.25, 0.3) is 0 Å². The zero-order chi connectivity index (χ0) is 18.7. The highest BCUT2D eigenvalue weighted by Crippen LogP contribution is 2.23. The number of fused-ring (bicyclic) bond motifs is 1. The van der Waals surface area contributed by atoms with E-state index in [0.717, 1.165) is 17.9 Å². The summed E-state index contributed by atoms with van der Waals surface area (Å²) in [7, 11) is -3.43. The van der Waals surface area contributed by atoms with Crippen LogP contribution in [-0.4, -0.2) is 55.9 Å². The smallest absolute Gasteiger partial charge is 0.217 e. The Morgan fingerprint density at radius 2 is 2.00 bits per heavy atom. The largest absolute Gasteiger partial charge is 0.445 e. The Bertz CT molecular complexity index is 859. The van der Waals surface area contributed by atoms with Gasteiger partial charge in [-0.3, -0.25) is 0 Å². The van der Waals surface area contributed by atoms with Crippen LogP contribution in [0.15, 0.2) is 34.7 Å². The molecule has 0 N–H and O–H groups in total. The van der Waals surface area contributed by atoms with Crippen LogP contribution in [0.5, 0.6) is 0 Å². The van der Waals surface area contributed by atoms with Gasteiger partial charge in [0.1, 0.15) is 5.76 Å². The molecule has 1 saturated heterocycles. The molecule has 2 aromatic rings. The molecule has 7 nitrogen and oxygen atoms in total. The summed E-state index contributed by atoms with van der Waals surface area (Å²) in [6, 6.07) is 10.2. The van der Waals surface area contributed by atoms with Crippen molar-refractivity contribution in [2.24, 2.45) is 0 Å². The molecule has 2 aliphatic rings. The molecule has 0 amide bonds. The molecule has 1 fully saturated rings. The second kappa shape index (κ2) is 8.10. The van der Waals surface area contributed by atoms with Gasteiger partial charge in [-0.1, -0.05) is 30.3 Å². The van der Waals surface area contributed by atoms with Gasteiger partial charge in [0, 0.05) is 19.4 Å². The van der Waals surface area contributed by atoms with Crippen LogP contribution in [0.3, 0.4) is 0 Å². The van der Waals surface area contributed by atoms with Crippen molar-refractivity contribution in [1.82, 2.24) is 9.29 Å². The lowest BCUT2D eigenvalue weighted by Crippen LogP contribution is -2.43. The van der Waals surface area contributed by atoms with E-state index in [9.17, 15) is 8.42 Å². The first-order valence-corrected chi connectivity index (χ1v) is 10.9. The minimum absolute atomic E-state index is 0.0545. The van der Waals surface area contributed by atoms with E-state index in [2.05, 4.69) is 17.1 Å². The van der Waals surface area contributed by atoms with E-state index in [1.54, 1.807) is 0 Å². The highest BCUT2D eigenvalue weighted by molar-refractivity contribution is 7.89. The summed E-state index contributed by atoms with van der Waals surface area (Å²) in [5.41, 5.74) is 1.96. The number of hydrogen-bond acceptors (Lipinski definition) is 6. The third-order valence-electron chi connectivity index (χ3n) is 4.88. The number of nitrogens with zero attached hydrogens (tertiary/aromatic N) is 2. The van der Waals surface area contributed by atoms with Crippen LogP contribution in [-0.2, 0) is 45.3 Å². The topological polar surface area (TPSA) is 81.9 Å². The second-order valence-corrected chi connectivity index (χ2v) is 8.91. The maximum Gasteiger partial charge on any atom is 0.217 e. The van der Waals surface area contributed by atoms with Crippen molar-refractivity contribution >= 4 is 10.0 Å². The average molecular weight is 392 g/mol. The van der Waals surface area contributed by atoms with Gasteiger partial charge < -0.3 is 13.9 Å². The van der Waals surface area contributed by atoms with Crippen molar-refractivity contribution < 1.29 is 22.3 Å². The van der Waals surface area contributed by atoms with Gasteiger partial charge in [0.15, 0.2) is 5.89 Å². The molecule has 1 atom stereocenters. The van der Waals surface area contributed by atoms with Crippen LogP contribution >= 0.6 is 0 Å². The second-order valence-electron chi connectivity index (χ2n) is 6.89.